The fourth-order valence-electron chi connectivity index (χ4n) is 4.95. The number of para-hydroxylation sites is 2. The predicted molar refractivity (Wildman–Crippen MR) is 141 cm³/mol. The molecule has 0 saturated heterocycles. The van der Waals surface area contributed by atoms with Crippen molar-refractivity contribution in [2.24, 2.45) is 5.41 Å². The van der Waals surface area contributed by atoms with Gasteiger partial charge < -0.3 is 4.74 Å². The van der Waals surface area contributed by atoms with Gasteiger partial charge in [-0.1, -0.05) is 87.5 Å². The standard InChI is InChI=1S/C32H27NO/c1-32(2,3)20-22-18-29(33-28-14-8-6-10-23(22)28)21-16-17-27-25-12-5-4-11-24(25)26-13-7-9-15-30(26)34-31(27)19-21/h4-19H,20H2,1-3H3. The molecule has 1 aliphatic heterocycles. The highest BCUT2D eigenvalue weighted by atomic mass is 16.5. The number of rotatable bonds is 2. The number of ether oxygens (including phenoxy) is 1. The summed E-state index contributed by atoms with van der Waals surface area (Å²) in [4.78, 5) is 5.04. The van der Waals surface area contributed by atoms with Gasteiger partial charge in [-0.3, -0.25) is 0 Å². The van der Waals surface area contributed by atoms with E-state index in [0.29, 0.717) is 0 Å². The monoisotopic (exact) mass is 441 g/mol. The van der Waals surface area contributed by atoms with Gasteiger partial charge in [-0.2, -0.15) is 0 Å². The molecule has 4 aromatic carbocycles. The zero-order valence-corrected chi connectivity index (χ0v) is 19.8. The summed E-state index contributed by atoms with van der Waals surface area (Å²) in [6.07, 6.45) is 0.991. The second kappa shape index (κ2) is 7.85. The molecular formula is C32H27NO. The van der Waals surface area contributed by atoms with E-state index in [4.69, 9.17) is 9.72 Å². The molecule has 0 fully saturated rings. The molecule has 34 heavy (non-hydrogen) atoms. The van der Waals surface area contributed by atoms with Crippen LogP contribution in [0.4, 0.5) is 0 Å². The van der Waals surface area contributed by atoms with Crippen molar-refractivity contribution in [2.45, 2.75) is 27.2 Å². The second-order valence-electron chi connectivity index (χ2n) is 10.3. The third-order valence-corrected chi connectivity index (χ3v) is 6.41. The van der Waals surface area contributed by atoms with Crippen molar-refractivity contribution < 1.29 is 4.74 Å². The molecule has 5 aromatic rings. The molecule has 1 aliphatic rings. The lowest BCUT2D eigenvalue weighted by atomic mass is 9.86. The summed E-state index contributed by atoms with van der Waals surface area (Å²) in [5.74, 6) is 1.74. The fraction of sp³-hybridized carbons (Fsp3) is 0.156. The van der Waals surface area contributed by atoms with E-state index in [2.05, 4.69) is 106 Å². The molecule has 2 nitrogen and oxygen atoms in total. The maximum absolute atomic E-state index is 6.52. The lowest BCUT2D eigenvalue weighted by Gasteiger charge is -2.20. The van der Waals surface area contributed by atoms with Crippen LogP contribution in [0.15, 0.2) is 97.1 Å². The summed E-state index contributed by atoms with van der Waals surface area (Å²) in [6, 6.07) is 34.0. The first-order valence-corrected chi connectivity index (χ1v) is 11.9. The Morgan fingerprint density at radius 1 is 0.647 bits per heavy atom. The summed E-state index contributed by atoms with van der Waals surface area (Å²) >= 11 is 0. The average molecular weight is 442 g/mol. The van der Waals surface area contributed by atoms with Crippen molar-refractivity contribution in [2.75, 3.05) is 0 Å². The quantitative estimate of drug-likeness (QED) is 0.267. The highest BCUT2D eigenvalue weighted by Gasteiger charge is 2.21. The minimum absolute atomic E-state index is 0.186. The number of pyridine rings is 1. The van der Waals surface area contributed by atoms with Gasteiger partial charge in [0, 0.05) is 22.1 Å². The third-order valence-electron chi connectivity index (χ3n) is 6.41. The first kappa shape index (κ1) is 20.7. The Hall–Kier alpha value is -3.91. The zero-order chi connectivity index (χ0) is 23.3. The van der Waals surface area contributed by atoms with Crippen LogP contribution in [-0.2, 0) is 6.42 Å². The summed E-state index contributed by atoms with van der Waals surface area (Å²) < 4.78 is 6.52. The Bertz CT molecular complexity index is 1540. The van der Waals surface area contributed by atoms with Gasteiger partial charge in [0.25, 0.3) is 0 Å². The zero-order valence-electron chi connectivity index (χ0n) is 19.8. The van der Waals surface area contributed by atoms with Gasteiger partial charge in [0.2, 0.25) is 0 Å². The Balaban J connectivity index is 1.53. The van der Waals surface area contributed by atoms with Gasteiger partial charge >= 0.3 is 0 Å². The Morgan fingerprint density at radius 3 is 2.06 bits per heavy atom. The number of hydrogen-bond donors (Lipinski definition) is 0. The van der Waals surface area contributed by atoms with Crippen LogP contribution in [0, 0.1) is 5.41 Å². The molecule has 0 amide bonds. The molecule has 0 atom stereocenters. The first-order valence-electron chi connectivity index (χ1n) is 11.9. The average Bonchev–Trinajstić information content (AvgIpc) is 2.97. The fourth-order valence-corrected chi connectivity index (χ4v) is 4.95. The molecule has 0 spiro atoms. The third kappa shape index (κ3) is 3.66. The van der Waals surface area contributed by atoms with Crippen LogP contribution in [-0.4, -0.2) is 4.98 Å². The number of nitrogens with zero attached hydrogens (tertiary/aromatic N) is 1. The summed E-state index contributed by atoms with van der Waals surface area (Å²) in [7, 11) is 0. The maximum atomic E-state index is 6.52. The van der Waals surface area contributed by atoms with Crippen molar-refractivity contribution in [1.82, 2.24) is 4.98 Å². The van der Waals surface area contributed by atoms with Crippen molar-refractivity contribution in [3.05, 3.63) is 103 Å². The van der Waals surface area contributed by atoms with E-state index in [0.717, 1.165) is 45.8 Å². The van der Waals surface area contributed by atoms with Crippen molar-refractivity contribution in [1.29, 1.82) is 0 Å². The van der Waals surface area contributed by atoms with E-state index >= 15 is 0 Å². The normalized spacial score (nSPS) is 12.3. The molecule has 0 radical (unpaired) electrons. The molecule has 1 aromatic heterocycles. The Labute approximate surface area is 200 Å². The van der Waals surface area contributed by atoms with E-state index in [1.54, 1.807) is 0 Å². The molecule has 0 aliphatic carbocycles. The summed E-state index contributed by atoms with van der Waals surface area (Å²) in [5, 5.41) is 1.23. The first-order chi connectivity index (χ1) is 16.5. The van der Waals surface area contributed by atoms with Crippen molar-refractivity contribution in [3.8, 4) is 45.0 Å². The molecule has 166 valence electrons. The molecule has 6 rings (SSSR count). The van der Waals surface area contributed by atoms with E-state index in [1.165, 1.54) is 22.1 Å². The highest BCUT2D eigenvalue weighted by molar-refractivity contribution is 5.92. The minimum Gasteiger partial charge on any atom is -0.456 e. The second-order valence-corrected chi connectivity index (χ2v) is 10.3. The number of benzene rings is 4. The summed E-state index contributed by atoms with van der Waals surface area (Å²) in [5.41, 5.74) is 9.21. The van der Waals surface area contributed by atoms with Crippen LogP contribution in [0.2, 0.25) is 0 Å². The molecule has 0 bridgehead atoms. The largest absolute Gasteiger partial charge is 0.456 e. The lowest BCUT2D eigenvalue weighted by Crippen LogP contribution is -2.10. The van der Waals surface area contributed by atoms with Crippen LogP contribution in [0.1, 0.15) is 26.3 Å². The molecule has 0 N–H and O–H groups in total. The maximum Gasteiger partial charge on any atom is 0.135 e. The topological polar surface area (TPSA) is 22.1 Å². The number of fused-ring (bicyclic) bond motifs is 6. The van der Waals surface area contributed by atoms with Gasteiger partial charge in [-0.15, -0.1) is 0 Å². The van der Waals surface area contributed by atoms with Gasteiger partial charge in [0.15, 0.2) is 0 Å². The number of hydrogen-bond acceptors (Lipinski definition) is 2. The van der Waals surface area contributed by atoms with Crippen molar-refractivity contribution in [3.63, 3.8) is 0 Å². The van der Waals surface area contributed by atoms with E-state index in [-0.39, 0.29) is 5.41 Å². The van der Waals surface area contributed by atoms with E-state index < -0.39 is 0 Å². The molecule has 0 saturated carbocycles. The van der Waals surface area contributed by atoms with Crippen LogP contribution >= 0.6 is 0 Å². The Morgan fingerprint density at radius 2 is 1.29 bits per heavy atom. The lowest BCUT2D eigenvalue weighted by molar-refractivity contribution is 0.412. The van der Waals surface area contributed by atoms with Crippen molar-refractivity contribution >= 4 is 10.9 Å². The van der Waals surface area contributed by atoms with Gasteiger partial charge in [0.05, 0.1) is 11.2 Å². The SMILES string of the molecule is CC(C)(C)Cc1cc(-c2ccc3c(c2)Oc2ccccc2-c2ccccc2-3)nc2ccccc12. The van der Waals surface area contributed by atoms with Crippen LogP contribution < -0.4 is 4.74 Å². The minimum atomic E-state index is 0.186. The predicted octanol–water partition coefficient (Wildman–Crippen LogP) is 8.93. The Kier molecular flexibility index (Phi) is 4.77. The summed E-state index contributed by atoms with van der Waals surface area (Å²) in [6.45, 7) is 6.85. The van der Waals surface area contributed by atoms with Crippen LogP contribution in [0.3, 0.4) is 0 Å². The highest BCUT2D eigenvalue weighted by Crippen LogP contribution is 2.47. The van der Waals surface area contributed by atoms with E-state index in [1.807, 2.05) is 12.1 Å². The molecule has 2 heteroatoms. The van der Waals surface area contributed by atoms with Gasteiger partial charge in [-0.25, -0.2) is 4.98 Å². The van der Waals surface area contributed by atoms with Crippen LogP contribution in [0.5, 0.6) is 11.5 Å². The van der Waals surface area contributed by atoms with Gasteiger partial charge in [0.1, 0.15) is 11.5 Å². The molecule has 0 unspecified atom stereocenters. The number of aromatic nitrogens is 1. The molecular weight excluding hydrogens is 414 g/mol. The smallest absolute Gasteiger partial charge is 0.135 e. The van der Waals surface area contributed by atoms with E-state index in [9.17, 15) is 0 Å². The molecule has 2 heterocycles. The van der Waals surface area contributed by atoms with Gasteiger partial charge in [-0.05, 0) is 58.9 Å². The van der Waals surface area contributed by atoms with Crippen LogP contribution in [0.25, 0.3) is 44.4 Å².